The molecule has 0 aliphatic carbocycles. The predicted molar refractivity (Wildman–Crippen MR) is 142 cm³/mol. The number of phenolic OH excluding ortho intramolecular Hbond substituents is 1. The van der Waals surface area contributed by atoms with E-state index in [9.17, 15) is 5.11 Å². The topological polar surface area (TPSA) is 38.7 Å². The van der Waals surface area contributed by atoms with Crippen molar-refractivity contribution in [3.8, 4) is 11.5 Å². The molecule has 2 atom stereocenters. The molecule has 1 N–H and O–H groups in total. The molecule has 36 heavy (non-hydrogen) atoms. The third kappa shape index (κ3) is 7.00. The van der Waals surface area contributed by atoms with E-state index in [-0.39, 0.29) is 23.0 Å². The second-order valence-electron chi connectivity index (χ2n) is 12.3. The molecular weight excluding hydrogens is 458 g/mol. The molecule has 0 amide bonds. The van der Waals surface area contributed by atoms with Gasteiger partial charge < -0.3 is 14.6 Å². The summed E-state index contributed by atoms with van der Waals surface area (Å²) in [5.74, 6) is 0.417. The predicted octanol–water partition coefficient (Wildman–Crippen LogP) is 8.96. The van der Waals surface area contributed by atoms with E-state index >= 15 is 8.78 Å². The molecule has 2 aromatic rings. The van der Waals surface area contributed by atoms with Crippen molar-refractivity contribution in [2.24, 2.45) is 0 Å². The lowest BCUT2D eigenvalue weighted by atomic mass is 9.79. The normalized spacial score (nSPS) is 19.4. The Kier molecular flexibility index (Phi) is 8.75. The molecule has 1 heterocycles. The average Bonchev–Trinajstić information content (AvgIpc) is 2.79. The molecule has 0 radical (unpaired) electrons. The molecule has 200 valence electrons. The molecule has 1 aliphatic heterocycles. The highest BCUT2D eigenvalue weighted by molar-refractivity contribution is 5.52. The third-order valence-corrected chi connectivity index (χ3v) is 7.16. The Labute approximate surface area is 216 Å². The second-order valence-corrected chi connectivity index (χ2v) is 12.3. The van der Waals surface area contributed by atoms with Crippen LogP contribution < -0.4 is 4.74 Å². The quantitative estimate of drug-likeness (QED) is 0.366. The maximum atomic E-state index is 15.3. The van der Waals surface area contributed by atoms with E-state index in [1.165, 1.54) is 43.5 Å². The van der Waals surface area contributed by atoms with Gasteiger partial charge in [-0.2, -0.15) is 8.78 Å². The molecule has 0 saturated carbocycles. The number of alkyl halides is 2. The van der Waals surface area contributed by atoms with Crippen LogP contribution in [0, 0.1) is 0 Å². The number of hydrogen-bond acceptors (Lipinski definition) is 3. The van der Waals surface area contributed by atoms with Crippen molar-refractivity contribution in [2.45, 2.75) is 116 Å². The molecule has 0 bridgehead atoms. The summed E-state index contributed by atoms with van der Waals surface area (Å²) in [7, 11) is 0. The summed E-state index contributed by atoms with van der Waals surface area (Å²) >= 11 is 0. The van der Waals surface area contributed by atoms with Gasteiger partial charge in [0.15, 0.2) is 0 Å². The number of benzene rings is 2. The second kappa shape index (κ2) is 11.1. The standard InChI is InChI=1S/C31H44F2O3/c1-8-9-10-11-24-17-14-22(20-35-24)21-12-15-23(16-13-21)31(32,33)36-25-18-26(29(2,3)4)28(34)27(19-25)30(5,6)7/h12-13,15-16,18-19,22,24,34H,8-11,14,17,20H2,1-7H3. The Morgan fingerprint density at radius 2 is 1.50 bits per heavy atom. The Morgan fingerprint density at radius 1 is 0.917 bits per heavy atom. The number of rotatable bonds is 8. The Balaban J connectivity index is 1.75. The molecule has 3 nitrogen and oxygen atoms in total. The molecule has 0 spiro atoms. The van der Waals surface area contributed by atoms with Crippen molar-refractivity contribution in [3.63, 3.8) is 0 Å². The van der Waals surface area contributed by atoms with Crippen LogP contribution in [0.5, 0.6) is 11.5 Å². The van der Waals surface area contributed by atoms with E-state index < -0.39 is 16.9 Å². The van der Waals surface area contributed by atoms with Crippen LogP contribution in [-0.4, -0.2) is 17.8 Å². The fraction of sp³-hybridized carbons (Fsp3) is 0.613. The number of phenols is 1. The average molecular weight is 503 g/mol. The maximum absolute atomic E-state index is 15.3. The first kappa shape index (κ1) is 28.4. The number of hydrogen-bond donors (Lipinski definition) is 1. The summed E-state index contributed by atoms with van der Waals surface area (Å²) < 4.78 is 41.9. The van der Waals surface area contributed by atoms with Crippen LogP contribution in [-0.2, 0) is 21.7 Å². The van der Waals surface area contributed by atoms with Gasteiger partial charge in [0.2, 0.25) is 0 Å². The minimum absolute atomic E-state index is 0.0477. The van der Waals surface area contributed by atoms with Gasteiger partial charge >= 0.3 is 6.11 Å². The van der Waals surface area contributed by atoms with Gasteiger partial charge in [-0.15, -0.1) is 0 Å². The summed E-state index contributed by atoms with van der Waals surface area (Å²) in [6.07, 6.45) is 3.60. The SMILES string of the molecule is CCCCCC1CCC(c2ccc(C(F)(F)Oc3cc(C(C)(C)C)c(O)c(C(C)(C)C)c3)cc2)CO1. The van der Waals surface area contributed by atoms with Gasteiger partial charge in [0.25, 0.3) is 0 Å². The van der Waals surface area contributed by atoms with Gasteiger partial charge in [-0.3, -0.25) is 0 Å². The first-order valence-corrected chi connectivity index (χ1v) is 13.4. The van der Waals surface area contributed by atoms with Crippen LogP contribution in [0.1, 0.15) is 115 Å². The Hall–Kier alpha value is -2.14. The van der Waals surface area contributed by atoms with Crippen molar-refractivity contribution >= 4 is 0 Å². The van der Waals surface area contributed by atoms with Crippen molar-refractivity contribution < 1.29 is 23.4 Å². The van der Waals surface area contributed by atoms with E-state index in [4.69, 9.17) is 9.47 Å². The van der Waals surface area contributed by atoms with Crippen molar-refractivity contribution in [1.29, 1.82) is 0 Å². The molecule has 2 aromatic carbocycles. The molecule has 1 aliphatic rings. The van der Waals surface area contributed by atoms with Crippen LogP contribution in [0.2, 0.25) is 0 Å². The summed E-state index contributed by atoms with van der Waals surface area (Å²) in [4.78, 5) is 0. The molecular formula is C31H44F2O3. The van der Waals surface area contributed by atoms with Gasteiger partial charge in [-0.25, -0.2) is 0 Å². The Bertz CT molecular complexity index is 957. The number of halogens is 2. The van der Waals surface area contributed by atoms with E-state index in [1.54, 1.807) is 12.1 Å². The van der Waals surface area contributed by atoms with Crippen molar-refractivity contribution in [3.05, 3.63) is 58.7 Å². The van der Waals surface area contributed by atoms with E-state index in [0.717, 1.165) is 24.8 Å². The van der Waals surface area contributed by atoms with E-state index in [1.807, 2.05) is 41.5 Å². The van der Waals surface area contributed by atoms with Crippen LogP contribution in [0.15, 0.2) is 36.4 Å². The van der Waals surface area contributed by atoms with Crippen molar-refractivity contribution in [1.82, 2.24) is 0 Å². The molecule has 1 fully saturated rings. The summed E-state index contributed by atoms with van der Waals surface area (Å²) in [6.45, 7) is 14.5. The Morgan fingerprint density at radius 3 is 1.97 bits per heavy atom. The zero-order valence-corrected chi connectivity index (χ0v) is 23.1. The highest BCUT2D eigenvalue weighted by Gasteiger charge is 2.36. The first-order valence-electron chi connectivity index (χ1n) is 13.4. The highest BCUT2D eigenvalue weighted by Crippen LogP contribution is 2.43. The molecule has 1 saturated heterocycles. The highest BCUT2D eigenvalue weighted by atomic mass is 19.3. The van der Waals surface area contributed by atoms with Crippen LogP contribution >= 0.6 is 0 Å². The molecule has 2 unspecified atom stereocenters. The fourth-order valence-corrected chi connectivity index (χ4v) is 4.89. The lowest BCUT2D eigenvalue weighted by molar-refractivity contribution is -0.185. The summed E-state index contributed by atoms with van der Waals surface area (Å²) in [5, 5.41) is 10.9. The van der Waals surface area contributed by atoms with Gasteiger partial charge in [0, 0.05) is 17.0 Å². The smallest absolute Gasteiger partial charge is 0.426 e. The van der Waals surface area contributed by atoms with Gasteiger partial charge in [-0.1, -0.05) is 79.9 Å². The van der Waals surface area contributed by atoms with E-state index in [2.05, 4.69) is 6.92 Å². The number of unbranched alkanes of at least 4 members (excludes halogenated alkanes) is 2. The number of aromatic hydroxyl groups is 1. The monoisotopic (exact) mass is 502 g/mol. The summed E-state index contributed by atoms with van der Waals surface area (Å²) in [6, 6.07) is 9.52. The minimum atomic E-state index is -3.51. The van der Waals surface area contributed by atoms with E-state index in [0.29, 0.717) is 23.8 Å². The maximum Gasteiger partial charge on any atom is 0.426 e. The molecule has 0 aromatic heterocycles. The number of ether oxygens (including phenoxy) is 2. The van der Waals surface area contributed by atoms with Crippen LogP contribution in [0.25, 0.3) is 0 Å². The van der Waals surface area contributed by atoms with Gasteiger partial charge in [-0.05, 0) is 59.9 Å². The van der Waals surface area contributed by atoms with Crippen LogP contribution in [0.4, 0.5) is 8.78 Å². The lowest BCUT2D eigenvalue weighted by Gasteiger charge is -2.30. The van der Waals surface area contributed by atoms with Gasteiger partial charge in [0.1, 0.15) is 11.5 Å². The largest absolute Gasteiger partial charge is 0.507 e. The molecule has 5 heteroatoms. The zero-order valence-electron chi connectivity index (χ0n) is 23.1. The van der Waals surface area contributed by atoms with Gasteiger partial charge in [0.05, 0.1) is 18.3 Å². The molecule has 3 rings (SSSR count). The minimum Gasteiger partial charge on any atom is -0.507 e. The lowest BCUT2D eigenvalue weighted by Crippen LogP contribution is -2.25. The zero-order chi connectivity index (χ0) is 26.7. The summed E-state index contributed by atoms with van der Waals surface area (Å²) in [5.41, 5.74) is 1.14. The first-order chi connectivity index (χ1) is 16.7. The van der Waals surface area contributed by atoms with Crippen molar-refractivity contribution in [2.75, 3.05) is 6.61 Å². The third-order valence-electron chi connectivity index (χ3n) is 7.16. The fourth-order valence-electron chi connectivity index (χ4n) is 4.89. The van der Waals surface area contributed by atoms with Crippen LogP contribution in [0.3, 0.4) is 0 Å².